The first-order valence-corrected chi connectivity index (χ1v) is 22.5. The first-order valence-electron chi connectivity index (χ1n) is 21.1. The maximum absolute atomic E-state index is 15.0. The van der Waals surface area contributed by atoms with Crippen molar-refractivity contribution in [3.63, 3.8) is 0 Å². The van der Waals surface area contributed by atoms with Crippen LogP contribution in [-0.2, 0) is 29.1 Å². The van der Waals surface area contributed by atoms with Gasteiger partial charge >= 0.3 is 12.3 Å². The number of amides is 4. The summed E-state index contributed by atoms with van der Waals surface area (Å²) in [6.45, 7) is 4.78. The van der Waals surface area contributed by atoms with Gasteiger partial charge in [0.05, 0.1) is 18.8 Å². The Bertz CT molecular complexity index is 2240. The number of aromatic nitrogens is 1. The molecule has 4 amide bonds. The number of hydrogen-bond acceptors (Lipinski definition) is 11. The molecule has 4 heterocycles. The van der Waals surface area contributed by atoms with E-state index >= 15 is 0 Å². The standard InChI is InChI=1S/C42H54F4N6O9S/c1-6-25-19-24(2)9-7-8-10-26-21-41(26,37(55)50-62(57,58)40(23-43)14-15-40)49-34(53)31-20-27(22-52(31)36(54)32(25)48-38(56)61-39(3,4)42(44,45)46)60-35-29-11-12-30-33(28(29)13-16-47-35)59-18-17-51(30)5/h8,10-13,16,24-27,31-32H,6-7,9,14-15,17-23H2,1-5H3,(H,48,56)(H,49,53)(H,50,55). The lowest BCUT2D eigenvalue weighted by atomic mass is 9.85. The maximum atomic E-state index is 15.0. The van der Waals surface area contributed by atoms with Crippen LogP contribution in [0.2, 0.25) is 0 Å². The molecule has 3 fully saturated rings. The molecule has 2 saturated carbocycles. The van der Waals surface area contributed by atoms with Crippen molar-refractivity contribution in [1.82, 2.24) is 25.2 Å². The molecule has 3 aliphatic heterocycles. The lowest BCUT2D eigenvalue weighted by Gasteiger charge is -2.35. The summed E-state index contributed by atoms with van der Waals surface area (Å²) < 4.78 is 99.6. The number of nitrogens with zero attached hydrogens (tertiary/aromatic N) is 3. The highest BCUT2D eigenvalue weighted by molar-refractivity contribution is 7.91. The van der Waals surface area contributed by atoms with Gasteiger partial charge in [0.1, 0.15) is 41.8 Å². The number of halogens is 4. The minimum atomic E-state index is -4.94. The van der Waals surface area contributed by atoms with E-state index < -0.39 is 92.6 Å². The molecule has 7 atom stereocenters. The molecule has 7 rings (SSSR count). The number of allylic oxidation sites excluding steroid dienone is 1. The molecule has 340 valence electrons. The molecule has 15 nitrogen and oxygen atoms in total. The van der Waals surface area contributed by atoms with Gasteiger partial charge in [-0.15, -0.1) is 0 Å². The molecule has 2 aliphatic carbocycles. The van der Waals surface area contributed by atoms with E-state index in [1.54, 1.807) is 19.1 Å². The number of anilines is 1. The molecule has 62 heavy (non-hydrogen) atoms. The quantitative estimate of drug-likeness (QED) is 0.226. The molecule has 3 N–H and O–H groups in total. The number of alkyl carbamates (subject to hydrolysis) is 1. The summed E-state index contributed by atoms with van der Waals surface area (Å²) in [6.07, 6.45) is -0.584. The predicted octanol–water partition coefficient (Wildman–Crippen LogP) is 5.07. The summed E-state index contributed by atoms with van der Waals surface area (Å²) in [4.78, 5) is 64.6. The Morgan fingerprint density at radius 1 is 1.11 bits per heavy atom. The van der Waals surface area contributed by atoms with Gasteiger partial charge in [-0.2, -0.15) is 13.2 Å². The highest BCUT2D eigenvalue weighted by atomic mass is 32.2. The SMILES string of the molecule is CCC1CC(C)CCC=CC2CC2(C(=O)NS(=O)(=O)C2(CF)CC2)NC(=O)C2CC(Oc3nccc4c5c(ccc34)N(C)CCO5)CN2C(=O)C1NC(=O)OC(C)(C)C(F)(F)F. The number of pyridine rings is 1. The average molecular weight is 895 g/mol. The first kappa shape index (κ1) is 45.2. The molecule has 1 aromatic carbocycles. The van der Waals surface area contributed by atoms with E-state index in [9.17, 15) is 45.2 Å². The third-order valence-electron chi connectivity index (χ3n) is 13.1. The van der Waals surface area contributed by atoms with E-state index in [0.717, 1.165) is 5.69 Å². The van der Waals surface area contributed by atoms with E-state index in [0.29, 0.717) is 69.2 Å². The summed E-state index contributed by atoms with van der Waals surface area (Å²) in [5.41, 5.74) is -3.82. The Balaban J connectivity index is 1.24. The Morgan fingerprint density at radius 3 is 2.53 bits per heavy atom. The topological polar surface area (TPSA) is 186 Å². The number of benzene rings is 1. The van der Waals surface area contributed by atoms with Crippen molar-refractivity contribution in [2.24, 2.45) is 17.8 Å². The zero-order chi connectivity index (χ0) is 45.0. The summed E-state index contributed by atoms with van der Waals surface area (Å²) >= 11 is 0. The number of rotatable bonds is 9. The van der Waals surface area contributed by atoms with Crippen molar-refractivity contribution < 1.29 is 59.4 Å². The van der Waals surface area contributed by atoms with Gasteiger partial charge in [-0.25, -0.2) is 22.6 Å². The second-order valence-corrected chi connectivity index (χ2v) is 20.0. The van der Waals surface area contributed by atoms with Crippen LogP contribution in [0.5, 0.6) is 11.6 Å². The van der Waals surface area contributed by atoms with E-state index in [4.69, 9.17) is 14.2 Å². The molecule has 20 heteroatoms. The van der Waals surface area contributed by atoms with Crippen LogP contribution in [0.15, 0.2) is 36.5 Å². The zero-order valence-corrected chi connectivity index (χ0v) is 36.2. The van der Waals surface area contributed by atoms with Crippen molar-refractivity contribution in [2.75, 3.05) is 38.3 Å². The molecule has 1 saturated heterocycles. The molecule has 1 aromatic heterocycles. The van der Waals surface area contributed by atoms with Gasteiger partial charge in [0.25, 0.3) is 5.91 Å². The van der Waals surface area contributed by atoms with Gasteiger partial charge in [-0.1, -0.05) is 32.4 Å². The normalized spacial score (nSPS) is 28.9. The van der Waals surface area contributed by atoms with Gasteiger partial charge in [0.15, 0.2) is 5.75 Å². The molecule has 0 bridgehead atoms. The lowest BCUT2D eigenvalue weighted by molar-refractivity contribution is -0.244. The fourth-order valence-corrected chi connectivity index (χ4v) is 10.1. The molecule has 0 radical (unpaired) electrons. The van der Waals surface area contributed by atoms with Gasteiger partial charge in [-0.3, -0.25) is 19.1 Å². The number of ether oxygens (including phenoxy) is 3. The monoisotopic (exact) mass is 894 g/mol. The fraction of sp³-hybridized carbons (Fsp3) is 0.643. The minimum Gasteiger partial charge on any atom is -0.489 e. The van der Waals surface area contributed by atoms with Gasteiger partial charge in [0.2, 0.25) is 33.3 Å². The van der Waals surface area contributed by atoms with Crippen LogP contribution in [-0.4, -0.2) is 116 Å². The molecular formula is C42H54F4N6O9S. The van der Waals surface area contributed by atoms with Crippen LogP contribution in [0.4, 0.5) is 28.0 Å². The van der Waals surface area contributed by atoms with E-state index in [1.807, 2.05) is 41.8 Å². The van der Waals surface area contributed by atoms with Crippen LogP contribution in [0.25, 0.3) is 10.8 Å². The van der Waals surface area contributed by atoms with Gasteiger partial charge < -0.3 is 34.6 Å². The smallest absolute Gasteiger partial charge is 0.427 e. The number of fused-ring (bicyclic) bond motifs is 5. The average Bonchev–Trinajstić information content (AvgIpc) is 4.11. The lowest BCUT2D eigenvalue weighted by Crippen LogP contribution is -2.60. The predicted molar refractivity (Wildman–Crippen MR) is 218 cm³/mol. The molecule has 5 aliphatic rings. The van der Waals surface area contributed by atoms with E-state index in [1.165, 1.54) is 11.1 Å². The van der Waals surface area contributed by atoms with Crippen molar-refractivity contribution in [3.05, 3.63) is 36.5 Å². The largest absolute Gasteiger partial charge is 0.489 e. The number of hydrogen-bond donors (Lipinski definition) is 3. The van der Waals surface area contributed by atoms with Gasteiger partial charge in [0, 0.05) is 36.4 Å². The number of likely N-dealkylation sites (N-methyl/N-ethyl adjacent to an activating group) is 1. The second kappa shape index (κ2) is 16.7. The molecule has 7 unspecified atom stereocenters. The minimum absolute atomic E-state index is 0.0137. The highest BCUT2D eigenvalue weighted by Gasteiger charge is 2.64. The Morgan fingerprint density at radius 2 is 1.85 bits per heavy atom. The Kier molecular flexibility index (Phi) is 12.1. The summed E-state index contributed by atoms with van der Waals surface area (Å²) in [6, 6.07) is 2.62. The van der Waals surface area contributed by atoms with Crippen molar-refractivity contribution in [1.29, 1.82) is 0 Å². The van der Waals surface area contributed by atoms with Crippen LogP contribution in [0.3, 0.4) is 0 Å². The summed E-state index contributed by atoms with van der Waals surface area (Å²) in [7, 11) is -2.53. The number of carbonyl (C=O) groups is 4. The van der Waals surface area contributed by atoms with Crippen LogP contribution < -0.4 is 29.7 Å². The number of sulfonamides is 1. The fourth-order valence-electron chi connectivity index (χ4n) is 8.71. The third kappa shape index (κ3) is 8.59. The van der Waals surface area contributed by atoms with Crippen molar-refractivity contribution in [2.45, 2.75) is 119 Å². The Labute approximate surface area is 357 Å². The molecule has 0 spiro atoms. The van der Waals surface area contributed by atoms with Crippen LogP contribution in [0, 0.1) is 17.8 Å². The zero-order valence-electron chi connectivity index (χ0n) is 35.3. The van der Waals surface area contributed by atoms with Crippen LogP contribution in [0.1, 0.15) is 79.1 Å². The first-order chi connectivity index (χ1) is 29.2. The molecular weight excluding hydrogens is 841 g/mol. The number of nitrogens with one attached hydrogen (secondary N) is 3. The van der Waals surface area contributed by atoms with Gasteiger partial charge in [-0.05, 0) is 82.4 Å². The van der Waals surface area contributed by atoms with Crippen molar-refractivity contribution in [3.8, 4) is 11.6 Å². The second-order valence-electron chi connectivity index (χ2n) is 17.9. The van der Waals surface area contributed by atoms with E-state index in [2.05, 4.69) is 15.6 Å². The highest BCUT2D eigenvalue weighted by Crippen LogP contribution is 2.48. The van der Waals surface area contributed by atoms with Crippen molar-refractivity contribution >= 4 is 50.3 Å². The third-order valence-corrected chi connectivity index (χ3v) is 15.2. The number of alkyl halides is 4. The van der Waals surface area contributed by atoms with E-state index in [-0.39, 0.29) is 44.0 Å². The number of carbonyl (C=O) groups excluding carboxylic acids is 4. The summed E-state index contributed by atoms with van der Waals surface area (Å²) in [5, 5.41) is 6.47. The Hall–Kier alpha value is -4.88. The summed E-state index contributed by atoms with van der Waals surface area (Å²) in [5.74, 6) is -3.22. The van der Waals surface area contributed by atoms with Crippen LogP contribution >= 0.6 is 0 Å². The molecule has 2 aromatic rings. The maximum Gasteiger partial charge on any atom is 0.427 e.